The van der Waals surface area contributed by atoms with Crippen LogP contribution in [-0.4, -0.2) is 36.6 Å². The Morgan fingerprint density at radius 3 is 2.54 bits per heavy atom. The Morgan fingerprint density at radius 2 is 1.81 bits per heavy atom. The van der Waals surface area contributed by atoms with Crippen LogP contribution in [-0.2, 0) is 16.1 Å². The zero-order chi connectivity index (χ0) is 26.2. The quantitative estimate of drug-likeness (QED) is 0.303. The second-order valence-electron chi connectivity index (χ2n) is 8.89. The van der Waals surface area contributed by atoms with Gasteiger partial charge in [0.15, 0.2) is 6.29 Å². The molecule has 3 aromatic carbocycles. The van der Waals surface area contributed by atoms with E-state index < -0.39 is 6.29 Å². The number of carbonyl (C=O) groups is 1. The monoisotopic (exact) mass is 522 g/mol. The van der Waals surface area contributed by atoms with Crippen LogP contribution in [0.2, 0.25) is 0 Å². The van der Waals surface area contributed by atoms with Crippen LogP contribution in [0.25, 0.3) is 0 Å². The molecule has 0 aliphatic carbocycles. The van der Waals surface area contributed by atoms with Gasteiger partial charge in [-0.3, -0.25) is 0 Å². The number of urea groups is 1. The van der Waals surface area contributed by atoms with Crippen molar-refractivity contribution in [3.8, 4) is 5.75 Å². The molecule has 1 fully saturated rings. The summed E-state index contributed by atoms with van der Waals surface area (Å²) >= 11 is 1.70. The van der Waals surface area contributed by atoms with E-state index >= 15 is 0 Å². The Hall–Kier alpha value is -3.04. The van der Waals surface area contributed by atoms with Crippen molar-refractivity contribution in [2.24, 2.45) is 5.92 Å². The van der Waals surface area contributed by atoms with Crippen LogP contribution in [0.1, 0.15) is 42.9 Å². The van der Waals surface area contributed by atoms with Gasteiger partial charge in [0.05, 0.1) is 25.9 Å². The van der Waals surface area contributed by atoms with Gasteiger partial charge in [-0.25, -0.2) is 4.79 Å². The van der Waals surface area contributed by atoms with E-state index in [1.165, 1.54) is 0 Å². The zero-order valence-electron chi connectivity index (χ0n) is 21.3. The number of hydrogen-bond acceptors (Lipinski definition) is 6. The van der Waals surface area contributed by atoms with Crippen LogP contribution in [0.5, 0.6) is 5.75 Å². The van der Waals surface area contributed by atoms with E-state index in [0.717, 1.165) is 27.3 Å². The highest BCUT2D eigenvalue weighted by molar-refractivity contribution is 7.99. The number of ether oxygens (including phenoxy) is 3. The fourth-order valence-electron chi connectivity index (χ4n) is 4.32. The lowest BCUT2D eigenvalue weighted by Crippen LogP contribution is -2.38. The van der Waals surface area contributed by atoms with Gasteiger partial charge in [0.25, 0.3) is 0 Å². The van der Waals surface area contributed by atoms with Crippen molar-refractivity contribution >= 4 is 23.5 Å². The number of amides is 2. The number of hydrogen-bond donors (Lipinski definition) is 3. The maximum Gasteiger partial charge on any atom is 0.319 e. The maximum atomic E-state index is 12.0. The van der Waals surface area contributed by atoms with Gasteiger partial charge in [-0.1, -0.05) is 55.5 Å². The maximum absolute atomic E-state index is 12.0. The van der Waals surface area contributed by atoms with Crippen LogP contribution in [0.15, 0.2) is 77.7 Å². The minimum Gasteiger partial charge on any atom is -0.496 e. The van der Waals surface area contributed by atoms with E-state index in [1.807, 2.05) is 79.7 Å². The highest BCUT2D eigenvalue weighted by Gasteiger charge is 2.38. The summed E-state index contributed by atoms with van der Waals surface area (Å²) in [5.74, 6) is 1.61. The molecule has 1 aliphatic heterocycles. The lowest BCUT2D eigenvalue weighted by Gasteiger charge is -2.41. The molecule has 0 aromatic heterocycles. The minimum atomic E-state index is -0.613. The number of methoxy groups -OCH3 is 1. The molecule has 1 aliphatic rings. The first-order valence-electron chi connectivity index (χ1n) is 12.4. The SMILES string of the molecule is CCNC(=O)Nc1cccc([C@H]2O[C@@H](CSc3ccccc3OC)[C@@H](C)[C@@H](c3ccc(CO)cc3)O2)c1. The van der Waals surface area contributed by atoms with Crippen LogP contribution in [0.3, 0.4) is 0 Å². The summed E-state index contributed by atoms with van der Waals surface area (Å²) in [6, 6.07) is 23.1. The topological polar surface area (TPSA) is 89.1 Å². The standard InChI is InChI=1S/C29H34N2O5S/c1-4-30-29(33)31-23-9-7-8-22(16-23)28-35-25(18-37-26-11-6-5-10-24(26)34-3)19(2)27(36-28)21-14-12-20(17-32)13-15-21/h5-16,19,25,27-28,32H,4,17-18H2,1-3H3,(H2,30,31,33)/t19-,25+,27+,28+/m1/s1. The van der Waals surface area contributed by atoms with Gasteiger partial charge in [-0.15, -0.1) is 11.8 Å². The molecule has 37 heavy (non-hydrogen) atoms. The largest absolute Gasteiger partial charge is 0.496 e. The number of para-hydroxylation sites is 1. The van der Waals surface area contributed by atoms with Gasteiger partial charge in [-0.05, 0) is 42.3 Å². The Bertz CT molecular complexity index is 1170. The molecule has 3 aromatic rings. The van der Waals surface area contributed by atoms with Crippen molar-refractivity contribution < 1.29 is 24.1 Å². The second kappa shape index (κ2) is 13.0. The molecule has 8 heteroatoms. The van der Waals surface area contributed by atoms with Crippen LogP contribution in [0.4, 0.5) is 10.5 Å². The van der Waals surface area contributed by atoms with E-state index in [4.69, 9.17) is 14.2 Å². The highest BCUT2D eigenvalue weighted by atomic mass is 32.2. The van der Waals surface area contributed by atoms with Gasteiger partial charge in [0, 0.05) is 34.4 Å². The normalized spacial score (nSPS) is 21.3. The summed E-state index contributed by atoms with van der Waals surface area (Å²) in [5.41, 5.74) is 3.37. The van der Waals surface area contributed by atoms with Crippen LogP contribution in [0, 0.1) is 5.92 Å². The molecule has 0 radical (unpaired) electrons. The minimum absolute atomic E-state index is 0.00331. The number of rotatable bonds is 9. The average Bonchev–Trinajstić information content (AvgIpc) is 2.93. The summed E-state index contributed by atoms with van der Waals surface area (Å²) in [6.07, 6.45) is -0.941. The van der Waals surface area contributed by atoms with E-state index in [2.05, 4.69) is 17.6 Å². The summed E-state index contributed by atoms with van der Waals surface area (Å²) in [5, 5.41) is 15.1. The highest BCUT2D eigenvalue weighted by Crippen LogP contribution is 2.43. The Balaban J connectivity index is 1.59. The third-order valence-corrected chi connectivity index (χ3v) is 7.49. The average molecular weight is 523 g/mol. The number of benzene rings is 3. The molecular formula is C29H34N2O5S. The zero-order valence-corrected chi connectivity index (χ0v) is 22.2. The molecule has 7 nitrogen and oxygen atoms in total. The van der Waals surface area contributed by atoms with Crippen molar-refractivity contribution in [1.29, 1.82) is 0 Å². The summed E-state index contributed by atoms with van der Waals surface area (Å²) in [4.78, 5) is 13.1. The van der Waals surface area contributed by atoms with Crippen LogP contribution >= 0.6 is 11.8 Å². The fourth-order valence-corrected chi connectivity index (χ4v) is 5.51. The lowest BCUT2D eigenvalue weighted by molar-refractivity contribution is -0.268. The van der Waals surface area contributed by atoms with E-state index in [1.54, 1.807) is 18.9 Å². The number of anilines is 1. The van der Waals surface area contributed by atoms with E-state index in [9.17, 15) is 9.90 Å². The number of nitrogens with one attached hydrogen (secondary N) is 2. The molecule has 1 saturated heterocycles. The van der Waals surface area contributed by atoms with Crippen LogP contribution < -0.4 is 15.4 Å². The van der Waals surface area contributed by atoms with Crippen molar-refractivity contribution in [1.82, 2.24) is 5.32 Å². The molecule has 0 saturated carbocycles. The molecule has 2 amide bonds. The van der Waals surface area contributed by atoms with Crippen molar-refractivity contribution in [3.05, 3.63) is 89.5 Å². The molecule has 0 bridgehead atoms. The van der Waals surface area contributed by atoms with E-state index in [0.29, 0.717) is 18.0 Å². The predicted octanol–water partition coefficient (Wildman–Crippen LogP) is 5.91. The van der Waals surface area contributed by atoms with Gasteiger partial charge in [0.1, 0.15) is 5.75 Å². The van der Waals surface area contributed by atoms with E-state index in [-0.39, 0.29) is 30.8 Å². The molecule has 196 valence electrons. The third-order valence-electron chi connectivity index (χ3n) is 6.35. The van der Waals surface area contributed by atoms with Crippen molar-refractivity contribution in [3.63, 3.8) is 0 Å². The van der Waals surface area contributed by atoms with Gasteiger partial charge in [-0.2, -0.15) is 0 Å². The first-order chi connectivity index (χ1) is 18.0. The molecule has 1 heterocycles. The molecule has 0 spiro atoms. The summed E-state index contributed by atoms with van der Waals surface area (Å²) < 4.78 is 18.6. The van der Waals surface area contributed by atoms with Gasteiger partial charge >= 0.3 is 6.03 Å². The second-order valence-corrected chi connectivity index (χ2v) is 9.96. The molecule has 4 atom stereocenters. The first kappa shape index (κ1) is 27.0. The van der Waals surface area contributed by atoms with Gasteiger partial charge < -0.3 is 30.0 Å². The lowest BCUT2D eigenvalue weighted by atomic mass is 9.91. The van der Waals surface area contributed by atoms with Gasteiger partial charge in [0.2, 0.25) is 0 Å². The van der Waals surface area contributed by atoms with Crippen molar-refractivity contribution in [2.75, 3.05) is 24.7 Å². The number of aliphatic hydroxyl groups is 1. The number of carbonyl (C=O) groups excluding carboxylic acids is 1. The smallest absolute Gasteiger partial charge is 0.319 e. The third kappa shape index (κ3) is 6.84. The Kier molecular flexibility index (Phi) is 9.46. The summed E-state index contributed by atoms with van der Waals surface area (Å²) in [6.45, 7) is 4.55. The number of thioether (sulfide) groups is 1. The molecule has 4 rings (SSSR count). The predicted molar refractivity (Wildman–Crippen MR) is 146 cm³/mol. The Morgan fingerprint density at radius 1 is 1.03 bits per heavy atom. The first-order valence-corrected chi connectivity index (χ1v) is 13.4. The molecular weight excluding hydrogens is 488 g/mol. The Labute approximate surface area is 222 Å². The molecule has 3 N–H and O–H groups in total. The molecule has 0 unspecified atom stereocenters. The number of aliphatic hydroxyl groups excluding tert-OH is 1. The van der Waals surface area contributed by atoms with Crippen molar-refractivity contribution in [2.45, 2.75) is 43.8 Å². The summed E-state index contributed by atoms with van der Waals surface area (Å²) in [7, 11) is 1.68. The fraction of sp³-hybridized carbons (Fsp3) is 0.345.